The van der Waals surface area contributed by atoms with E-state index in [0.29, 0.717) is 11.8 Å². The van der Waals surface area contributed by atoms with Crippen molar-refractivity contribution >= 4 is 64.0 Å². The fourth-order valence-corrected chi connectivity index (χ4v) is 2.87. The van der Waals surface area contributed by atoms with Crippen LogP contribution in [0.2, 0.25) is 0 Å². The molecule has 0 aliphatic carbocycles. The standard InChI is InChI=1S/C18H13Cl3F2N4O2/c1-26-15(28)14(27(17(26)29)11-5-3-2-4-6-11)25-16(18(19,20)21)24-13-8-7-10(22)9-12(13)23/h2-9,16,24H,1H3. The lowest BCUT2D eigenvalue weighted by atomic mass is 10.3. The van der Waals surface area contributed by atoms with Crippen LogP contribution in [0.1, 0.15) is 0 Å². The molecule has 1 fully saturated rings. The van der Waals surface area contributed by atoms with Gasteiger partial charge in [0.25, 0.3) is 5.91 Å². The summed E-state index contributed by atoms with van der Waals surface area (Å²) in [6, 6.07) is 10.3. The number of imide groups is 1. The Bertz CT molecular complexity index is 983. The summed E-state index contributed by atoms with van der Waals surface area (Å²) in [5.41, 5.74) is 0.161. The monoisotopic (exact) mass is 460 g/mol. The van der Waals surface area contributed by atoms with Gasteiger partial charge in [-0.3, -0.25) is 9.69 Å². The van der Waals surface area contributed by atoms with E-state index >= 15 is 0 Å². The Hall–Kier alpha value is -2.42. The predicted molar refractivity (Wildman–Crippen MR) is 109 cm³/mol. The number of likely N-dealkylation sites (N-methyl/N-ethyl adjacent to an activating group) is 1. The molecule has 1 heterocycles. The zero-order valence-electron chi connectivity index (χ0n) is 14.7. The molecule has 6 nitrogen and oxygen atoms in total. The van der Waals surface area contributed by atoms with E-state index in [1.807, 2.05) is 0 Å². The van der Waals surface area contributed by atoms with Gasteiger partial charge in [0.15, 0.2) is 6.17 Å². The number of hydrogen-bond donors (Lipinski definition) is 1. The van der Waals surface area contributed by atoms with Crippen molar-refractivity contribution in [2.24, 2.45) is 4.99 Å². The van der Waals surface area contributed by atoms with Crippen LogP contribution in [0, 0.1) is 11.6 Å². The summed E-state index contributed by atoms with van der Waals surface area (Å²) < 4.78 is 25.1. The predicted octanol–water partition coefficient (Wildman–Crippen LogP) is 4.57. The summed E-state index contributed by atoms with van der Waals surface area (Å²) in [7, 11) is 1.28. The molecule has 1 aliphatic heterocycles. The third-order valence-corrected chi connectivity index (χ3v) is 4.61. The number of rotatable bonds is 4. The topological polar surface area (TPSA) is 65.0 Å². The van der Waals surface area contributed by atoms with Crippen LogP contribution in [-0.4, -0.2) is 39.7 Å². The molecule has 3 rings (SSSR count). The Balaban J connectivity index is 2.05. The highest BCUT2D eigenvalue weighted by Crippen LogP contribution is 2.35. The lowest BCUT2D eigenvalue weighted by Crippen LogP contribution is -2.38. The van der Waals surface area contributed by atoms with Crippen LogP contribution in [0.5, 0.6) is 0 Å². The highest BCUT2D eigenvalue weighted by atomic mass is 35.6. The molecule has 1 atom stereocenters. The molecule has 2 aromatic carbocycles. The maximum atomic E-state index is 14.0. The Morgan fingerprint density at radius 1 is 1.07 bits per heavy atom. The highest BCUT2D eigenvalue weighted by molar-refractivity contribution is 6.68. The van der Waals surface area contributed by atoms with Crippen molar-refractivity contribution in [2.75, 3.05) is 17.3 Å². The van der Waals surface area contributed by atoms with Crippen molar-refractivity contribution in [3.8, 4) is 0 Å². The first kappa shape index (κ1) is 21.3. The first-order chi connectivity index (χ1) is 13.6. The number of carbonyl (C=O) groups is 2. The molecule has 1 unspecified atom stereocenters. The second-order valence-electron chi connectivity index (χ2n) is 5.98. The number of hydrogen-bond acceptors (Lipinski definition) is 4. The molecule has 0 bridgehead atoms. The lowest BCUT2D eigenvalue weighted by molar-refractivity contribution is -0.119. The third-order valence-electron chi connectivity index (χ3n) is 3.99. The van der Waals surface area contributed by atoms with Gasteiger partial charge in [-0.05, 0) is 24.3 Å². The molecule has 3 amide bonds. The molecule has 11 heteroatoms. The van der Waals surface area contributed by atoms with E-state index in [2.05, 4.69) is 10.3 Å². The molecular formula is C18H13Cl3F2N4O2. The van der Waals surface area contributed by atoms with Crippen LogP contribution in [0.15, 0.2) is 53.5 Å². The first-order valence-corrected chi connectivity index (χ1v) is 9.26. The van der Waals surface area contributed by atoms with Crippen molar-refractivity contribution in [2.45, 2.75) is 9.96 Å². The van der Waals surface area contributed by atoms with Gasteiger partial charge in [0.2, 0.25) is 9.63 Å². The molecule has 1 saturated heterocycles. The van der Waals surface area contributed by atoms with Gasteiger partial charge in [0.1, 0.15) is 11.6 Å². The maximum Gasteiger partial charge on any atom is 0.337 e. The van der Waals surface area contributed by atoms with Gasteiger partial charge in [-0.15, -0.1) is 0 Å². The number of urea groups is 1. The summed E-state index contributed by atoms with van der Waals surface area (Å²) in [4.78, 5) is 31.1. The number of para-hydroxylation sites is 1. The van der Waals surface area contributed by atoms with E-state index in [0.717, 1.165) is 21.9 Å². The molecule has 1 aliphatic rings. The molecule has 0 spiro atoms. The number of nitrogens with one attached hydrogen (secondary N) is 1. The van der Waals surface area contributed by atoms with E-state index in [1.165, 1.54) is 7.05 Å². The number of anilines is 2. The van der Waals surface area contributed by atoms with E-state index in [4.69, 9.17) is 34.8 Å². The number of carbonyl (C=O) groups excluding carboxylic acids is 2. The van der Waals surface area contributed by atoms with E-state index in [-0.39, 0.29) is 11.5 Å². The number of alkyl halides is 3. The number of amidine groups is 1. The molecule has 2 aromatic rings. The van der Waals surface area contributed by atoms with Crippen LogP contribution in [-0.2, 0) is 4.79 Å². The Morgan fingerprint density at radius 3 is 2.31 bits per heavy atom. The Kier molecular flexibility index (Phi) is 5.97. The van der Waals surface area contributed by atoms with Gasteiger partial charge >= 0.3 is 6.03 Å². The lowest BCUT2D eigenvalue weighted by Gasteiger charge is -2.24. The average Bonchev–Trinajstić information content (AvgIpc) is 2.87. The van der Waals surface area contributed by atoms with Crippen molar-refractivity contribution in [1.82, 2.24) is 4.90 Å². The third kappa shape index (κ3) is 4.44. The summed E-state index contributed by atoms with van der Waals surface area (Å²) in [6.07, 6.45) is -1.48. The largest absolute Gasteiger partial charge is 0.358 e. The van der Waals surface area contributed by atoms with E-state index in [1.54, 1.807) is 30.3 Å². The van der Waals surface area contributed by atoms with Crippen LogP contribution >= 0.6 is 34.8 Å². The normalized spacial score (nSPS) is 17.2. The van der Waals surface area contributed by atoms with Crippen molar-refractivity contribution in [3.05, 3.63) is 60.2 Å². The fraction of sp³-hybridized carbons (Fsp3) is 0.167. The summed E-state index contributed by atoms with van der Waals surface area (Å²) >= 11 is 17.9. The van der Waals surface area contributed by atoms with Gasteiger partial charge < -0.3 is 5.32 Å². The Labute approximate surface area is 179 Å². The average molecular weight is 462 g/mol. The van der Waals surface area contributed by atoms with Crippen molar-refractivity contribution < 1.29 is 18.4 Å². The highest BCUT2D eigenvalue weighted by Gasteiger charge is 2.43. The Morgan fingerprint density at radius 2 is 1.72 bits per heavy atom. The molecule has 0 radical (unpaired) electrons. The summed E-state index contributed by atoms with van der Waals surface area (Å²) in [6.45, 7) is 0. The fourth-order valence-electron chi connectivity index (χ4n) is 2.56. The second kappa shape index (κ2) is 8.14. The molecule has 0 aromatic heterocycles. The molecule has 0 saturated carbocycles. The number of nitrogens with zero attached hydrogens (tertiary/aromatic N) is 3. The van der Waals surface area contributed by atoms with Gasteiger partial charge in [-0.1, -0.05) is 53.0 Å². The number of benzene rings is 2. The zero-order valence-corrected chi connectivity index (χ0v) is 17.0. The number of halogens is 5. The molecular weight excluding hydrogens is 449 g/mol. The van der Waals surface area contributed by atoms with Crippen LogP contribution in [0.4, 0.5) is 25.0 Å². The zero-order chi connectivity index (χ0) is 21.3. The number of amides is 3. The minimum absolute atomic E-state index is 0.205. The van der Waals surface area contributed by atoms with Crippen LogP contribution in [0.25, 0.3) is 0 Å². The second-order valence-corrected chi connectivity index (χ2v) is 8.35. The molecule has 29 heavy (non-hydrogen) atoms. The summed E-state index contributed by atoms with van der Waals surface area (Å²) in [5, 5.41) is 2.53. The first-order valence-electron chi connectivity index (χ1n) is 8.13. The van der Waals surface area contributed by atoms with Crippen molar-refractivity contribution in [3.63, 3.8) is 0 Å². The molecule has 152 valence electrons. The molecule has 1 N–H and O–H groups in total. The minimum Gasteiger partial charge on any atom is -0.358 e. The quantitative estimate of drug-likeness (QED) is 0.536. The maximum absolute atomic E-state index is 14.0. The van der Waals surface area contributed by atoms with Crippen LogP contribution < -0.4 is 10.2 Å². The SMILES string of the molecule is CN1C(=O)C(=NC(Nc2ccc(F)cc2F)C(Cl)(Cl)Cl)N(c2ccccc2)C1=O. The van der Waals surface area contributed by atoms with Gasteiger partial charge in [0.05, 0.1) is 11.4 Å². The van der Waals surface area contributed by atoms with Gasteiger partial charge in [-0.25, -0.2) is 23.5 Å². The van der Waals surface area contributed by atoms with Gasteiger partial charge in [-0.2, -0.15) is 0 Å². The van der Waals surface area contributed by atoms with E-state index in [9.17, 15) is 18.4 Å². The minimum atomic E-state index is -2.14. The van der Waals surface area contributed by atoms with Crippen molar-refractivity contribution in [1.29, 1.82) is 0 Å². The van der Waals surface area contributed by atoms with E-state index < -0.39 is 33.5 Å². The van der Waals surface area contributed by atoms with Gasteiger partial charge in [0, 0.05) is 13.1 Å². The number of aliphatic imine (C=N–C) groups is 1. The van der Waals surface area contributed by atoms with Crippen LogP contribution in [0.3, 0.4) is 0 Å². The smallest absolute Gasteiger partial charge is 0.337 e. The summed E-state index contributed by atoms with van der Waals surface area (Å²) in [5.74, 6) is -2.80.